The van der Waals surface area contributed by atoms with E-state index in [1.165, 1.54) is 0 Å². The van der Waals surface area contributed by atoms with Crippen molar-refractivity contribution in [2.24, 2.45) is 5.92 Å². The molecule has 0 N–H and O–H groups in total. The quantitative estimate of drug-likeness (QED) is 0.502. The van der Waals surface area contributed by atoms with E-state index in [1.54, 1.807) is 11.9 Å². The molecule has 2 unspecified atom stereocenters. The van der Waals surface area contributed by atoms with Crippen LogP contribution in [0, 0.1) is 28.7 Å². The van der Waals surface area contributed by atoms with Crippen molar-refractivity contribution < 1.29 is 0 Å². The van der Waals surface area contributed by atoms with Gasteiger partial charge in [-0.3, -0.25) is 0 Å². The first-order chi connectivity index (χ1) is 9.42. The van der Waals surface area contributed by atoms with E-state index in [-0.39, 0.29) is 0 Å². The van der Waals surface area contributed by atoms with Gasteiger partial charge in [0, 0.05) is 39.1 Å². The number of hydrogen-bond acceptors (Lipinski definition) is 5. The molecule has 0 amide bonds. The second kappa shape index (κ2) is 12.7. The normalized spacial score (nSPS) is 12.9. The third-order valence-corrected chi connectivity index (χ3v) is 3.29. The SMILES string of the molecule is CC.CC(C(CC#N)CN(C)C)N(C)CCN(C)C#N. The first kappa shape index (κ1) is 21.0. The maximum absolute atomic E-state index is 8.90. The highest BCUT2D eigenvalue weighted by atomic mass is 15.2. The van der Waals surface area contributed by atoms with E-state index < -0.39 is 0 Å². The van der Waals surface area contributed by atoms with Crippen molar-refractivity contribution in [3.8, 4) is 12.3 Å². The molecule has 0 fully saturated rings. The smallest absolute Gasteiger partial charge is 0.179 e. The molecule has 0 heterocycles. The Labute approximate surface area is 125 Å². The average Bonchev–Trinajstić information content (AvgIpc) is 2.44. The Kier molecular flexibility index (Phi) is 13.4. The van der Waals surface area contributed by atoms with Gasteiger partial charge in [-0.05, 0) is 34.0 Å². The van der Waals surface area contributed by atoms with E-state index in [2.05, 4.69) is 36.0 Å². The zero-order valence-electron chi connectivity index (χ0n) is 14.2. The van der Waals surface area contributed by atoms with Crippen molar-refractivity contribution in [2.75, 3.05) is 47.8 Å². The van der Waals surface area contributed by atoms with Crippen LogP contribution in [0.5, 0.6) is 0 Å². The molecule has 0 saturated carbocycles. The van der Waals surface area contributed by atoms with Crippen LogP contribution in [0.2, 0.25) is 0 Å². The largest absolute Gasteiger partial charge is 0.312 e. The zero-order chi connectivity index (χ0) is 16.1. The molecule has 0 aliphatic rings. The van der Waals surface area contributed by atoms with Gasteiger partial charge in [-0.2, -0.15) is 10.5 Å². The summed E-state index contributed by atoms with van der Waals surface area (Å²) in [6.07, 6.45) is 2.66. The first-order valence-corrected chi connectivity index (χ1v) is 7.25. The fourth-order valence-electron chi connectivity index (χ4n) is 1.90. The van der Waals surface area contributed by atoms with Gasteiger partial charge < -0.3 is 14.7 Å². The minimum atomic E-state index is 0.333. The molecule has 0 aliphatic carbocycles. The van der Waals surface area contributed by atoms with Crippen LogP contribution >= 0.6 is 0 Å². The third-order valence-electron chi connectivity index (χ3n) is 3.29. The van der Waals surface area contributed by atoms with Crippen LogP contribution in [0.25, 0.3) is 0 Å². The summed E-state index contributed by atoms with van der Waals surface area (Å²) in [5.74, 6) is 0.336. The van der Waals surface area contributed by atoms with Crippen molar-refractivity contribution >= 4 is 0 Å². The predicted octanol–water partition coefficient (Wildman–Crippen LogP) is 1.84. The van der Waals surface area contributed by atoms with Crippen LogP contribution in [0.15, 0.2) is 0 Å². The lowest BCUT2D eigenvalue weighted by atomic mass is 9.96. The van der Waals surface area contributed by atoms with Gasteiger partial charge in [-0.1, -0.05) is 13.8 Å². The minimum absolute atomic E-state index is 0.333. The van der Waals surface area contributed by atoms with Gasteiger partial charge in [0.05, 0.1) is 6.07 Å². The molecular weight excluding hydrogens is 250 g/mol. The summed E-state index contributed by atoms with van der Waals surface area (Å²) < 4.78 is 0. The molecule has 116 valence electrons. The molecule has 0 aliphatic heterocycles. The summed E-state index contributed by atoms with van der Waals surface area (Å²) in [7, 11) is 7.89. The molecule has 2 atom stereocenters. The molecule has 5 heteroatoms. The topological polar surface area (TPSA) is 57.3 Å². The summed E-state index contributed by atoms with van der Waals surface area (Å²) in [6.45, 7) is 8.62. The third kappa shape index (κ3) is 9.61. The van der Waals surface area contributed by atoms with Gasteiger partial charge in [0.1, 0.15) is 0 Å². The number of nitriles is 2. The van der Waals surface area contributed by atoms with E-state index >= 15 is 0 Å². The molecule has 0 rings (SSSR count). The molecule has 0 spiro atoms. The average molecular weight is 281 g/mol. The van der Waals surface area contributed by atoms with Crippen molar-refractivity contribution in [2.45, 2.75) is 33.2 Å². The van der Waals surface area contributed by atoms with Crippen LogP contribution in [0.1, 0.15) is 27.2 Å². The molecule has 0 radical (unpaired) electrons. The van der Waals surface area contributed by atoms with E-state index in [0.717, 1.165) is 19.6 Å². The molecule has 0 aromatic carbocycles. The lowest BCUT2D eigenvalue weighted by Gasteiger charge is -2.32. The Hall–Kier alpha value is -1.30. The second-order valence-electron chi connectivity index (χ2n) is 5.13. The van der Waals surface area contributed by atoms with E-state index in [9.17, 15) is 0 Å². The van der Waals surface area contributed by atoms with Crippen molar-refractivity contribution in [1.29, 1.82) is 10.5 Å². The predicted molar refractivity (Wildman–Crippen MR) is 84.0 cm³/mol. The van der Waals surface area contributed by atoms with Crippen LogP contribution in [-0.4, -0.2) is 68.6 Å². The van der Waals surface area contributed by atoms with Gasteiger partial charge in [-0.15, -0.1) is 0 Å². The van der Waals surface area contributed by atoms with E-state index in [0.29, 0.717) is 18.4 Å². The molecule has 5 nitrogen and oxygen atoms in total. The van der Waals surface area contributed by atoms with Crippen molar-refractivity contribution in [3.63, 3.8) is 0 Å². The van der Waals surface area contributed by atoms with Crippen LogP contribution in [-0.2, 0) is 0 Å². The minimum Gasteiger partial charge on any atom is -0.312 e. The Balaban J connectivity index is 0. The van der Waals surface area contributed by atoms with E-state index in [1.807, 2.05) is 27.9 Å². The number of hydrogen-bond donors (Lipinski definition) is 0. The zero-order valence-corrected chi connectivity index (χ0v) is 14.2. The van der Waals surface area contributed by atoms with Crippen LogP contribution in [0.4, 0.5) is 0 Å². The van der Waals surface area contributed by atoms with Crippen molar-refractivity contribution in [1.82, 2.24) is 14.7 Å². The fourth-order valence-corrected chi connectivity index (χ4v) is 1.90. The monoisotopic (exact) mass is 281 g/mol. The summed E-state index contributed by atoms with van der Waals surface area (Å²) >= 11 is 0. The first-order valence-electron chi connectivity index (χ1n) is 7.25. The summed E-state index contributed by atoms with van der Waals surface area (Å²) in [4.78, 5) is 5.96. The van der Waals surface area contributed by atoms with Crippen LogP contribution < -0.4 is 0 Å². The Morgan fingerprint density at radius 1 is 1.00 bits per heavy atom. The highest BCUT2D eigenvalue weighted by molar-refractivity contribution is 4.84. The molecule has 0 aromatic heterocycles. The van der Waals surface area contributed by atoms with Gasteiger partial charge >= 0.3 is 0 Å². The summed E-state index contributed by atoms with van der Waals surface area (Å²) in [6, 6.07) is 2.60. The van der Waals surface area contributed by atoms with Gasteiger partial charge in [0.15, 0.2) is 6.19 Å². The lowest BCUT2D eigenvalue weighted by molar-refractivity contribution is 0.157. The fraction of sp³-hybridized carbons (Fsp3) is 0.867. The Bertz CT molecular complexity index is 302. The molecule has 0 aromatic rings. The Morgan fingerprint density at radius 2 is 1.55 bits per heavy atom. The lowest BCUT2D eigenvalue weighted by Crippen LogP contribution is -2.42. The van der Waals surface area contributed by atoms with Gasteiger partial charge in [0.2, 0.25) is 0 Å². The summed E-state index contributed by atoms with van der Waals surface area (Å²) in [5, 5.41) is 17.6. The second-order valence-corrected chi connectivity index (χ2v) is 5.13. The molecular formula is C15H31N5. The number of likely N-dealkylation sites (N-methyl/N-ethyl adjacent to an activating group) is 2. The molecule has 0 saturated heterocycles. The van der Waals surface area contributed by atoms with Gasteiger partial charge in [0.25, 0.3) is 0 Å². The van der Waals surface area contributed by atoms with Gasteiger partial charge in [-0.25, -0.2) is 0 Å². The Morgan fingerprint density at radius 3 is 1.95 bits per heavy atom. The highest BCUT2D eigenvalue weighted by Crippen LogP contribution is 2.14. The van der Waals surface area contributed by atoms with Crippen molar-refractivity contribution in [3.05, 3.63) is 0 Å². The number of rotatable bonds is 8. The number of nitrogens with zero attached hydrogens (tertiary/aromatic N) is 5. The van der Waals surface area contributed by atoms with Crippen LogP contribution in [0.3, 0.4) is 0 Å². The maximum Gasteiger partial charge on any atom is 0.179 e. The van der Waals surface area contributed by atoms with E-state index in [4.69, 9.17) is 10.5 Å². The molecule has 0 bridgehead atoms. The standard InChI is InChI=1S/C13H25N5.C2H6/c1-12(13(6-7-14)10-16(2)3)18(5)9-8-17(4)11-15;1-2/h12-13H,6,8-10H2,1-5H3;1-2H3. The summed E-state index contributed by atoms with van der Waals surface area (Å²) in [5.41, 5.74) is 0. The maximum atomic E-state index is 8.90. The highest BCUT2D eigenvalue weighted by Gasteiger charge is 2.21. The molecule has 20 heavy (non-hydrogen) atoms.